The Kier molecular flexibility index (Phi) is 4.25. The summed E-state index contributed by atoms with van der Waals surface area (Å²) >= 11 is 0. The van der Waals surface area contributed by atoms with Gasteiger partial charge in [-0.2, -0.15) is 0 Å². The molecular weight excluding hydrogens is 228 g/mol. The van der Waals surface area contributed by atoms with Crippen LogP contribution in [0.15, 0.2) is 0 Å². The van der Waals surface area contributed by atoms with Crippen molar-refractivity contribution >= 4 is 5.91 Å². The molecular formula is C13H26N4O. The molecule has 0 aliphatic carbocycles. The predicted molar refractivity (Wildman–Crippen MR) is 72.6 cm³/mol. The third-order valence-corrected chi connectivity index (χ3v) is 3.88. The summed E-state index contributed by atoms with van der Waals surface area (Å²) in [6.45, 7) is 13.0. The molecule has 0 saturated carbocycles. The highest BCUT2D eigenvalue weighted by molar-refractivity contribution is 5.82. The van der Waals surface area contributed by atoms with Gasteiger partial charge in [0, 0.05) is 51.4 Å². The molecule has 0 radical (unpaired) electrons. The van der Waals surface area contributed by atoms with E-state index < -0.39 is 0 Å². The van der Waals surface area contributed by atoms with Crippen LogP contribution >= 0.6 is 0 Å². The highest BCUT2D eigenvalue weighted by atomic mass is 16.2. The maximum Gasteiger partial charge on any atom is 0.241 e. The van der Waals surface area contributed by atoms with Crippen molar-refractivity contribution in [1.82, 2.24) is 20.4 Å². The highest BCUT2D eigenvalue weighted by Gasteiger charge is 2.31. The Morgan fingerprint density at radius 1 is 1.11 bits per heavy atom. The fourth-order valence-electron chi connectivity index (χ4n) is 2.65. The monoisotopic (exact) mass is 254 g/mol. The molecule has 0 aromatic carbocycles. The van der Waals surface area contributed by atoms with Crippen LogP contribution in [0.3, 0.4) is 0 Å². The summed E-state index contributed by atoms with van der Waals surface area (Å²) in [5.41, 5.74) is 0.208. The van der Waals surface area contributed by atoms with Gasteiger partial charge in [-0.15, -0.1) is 0 Å². The molecule has 104 valence electrons. The van der Waals surface area contributed by atoms with Crippen LogP contribution in [-0.4, -0.2) is 73.1 Å². The molecule has 2 saturated heterocycles. The largest absolute Gasteiger partial charge is 0.339 e. The zero-order valence-electron chi connectivity index (χ0n) is 11.8. The van der Waals surface area contributed by atoms with E-state index in [0.717, 1.165) is 45.8 Å². The van der Waals surface area contributed by atoms with E-state index in [4.69, 9.17) is 0 Å². The lowest BCUT2D eigenvalue weighted by molar-refractivity contribution is -0.136. The highest BCUT2D eigenvalue weighted by Crippen LogP contribution is 2.16. The number of rotatable bonds is 1. The maximum absolute atomic E-state index is 12.3. The van der Waals surface area contributed by atoms with Crippen molar-refractivity contribution < 1.29 is 4.79 Å². The van der Waals surface area contributed by atoms with Crippen molar-refractivity contribution in [2.24, 2.45) is 0 Å². The molecule has 1 amide bonds. The van der Waals surface area contributed by atoms with E-state index >= 15 is 0 Å². The van der Waals surface area contributed by atoms with Crippen LogP contribution in [0.25, 0.3) is 0 Å². The van der Waals surface area contributed by atoms with E-state index in [1.165, 1.54) is 0 Å². The summed E-state index contributed by atoms with van der Waals surface area (Å²) in [5, 5.41) is 6.56. The minimum absolute atomic E-state index is 0.0278. The van der Waals surface area contributed by atoms with Crippen molar-refractivity contribution in [3.8, 4) is 0 Å². The molecule has 18 heavy (non-hydrogen) atoms. The van der Waals surface area contributed by atoms with E-state index in [1.807, 2.05) is 4.90 Å². The summed E-state index contributed by atoms with van der Waals surface area (Å²) in [5.74, 6) is 0.260. The minimum atomic E-state index is -0.0278. The van der Waals surface area contributed by atoms with Gasteiger partial charge in [0.2, 0.25) is 5.91 Å². The Morgan fingerprint density at radius 3 is 2.28 bits per heavy atom. The van der Waals surface area contributed by atoms with E-state index in [2.05, 4.69) is 36.3 Å². The number of hydrogen-bond acceptors (Lipinski definition) is 4. The second kappa shape index (κ2) is 5.55. The number of hydrogen-bond donors (Lipinski definition) is 2. The molecule has 0 spiro atoms. The number of piperazine rings is 2. The van der Waals surface area contributed by atoms with Crippen molar-refractivity contribution in [3.63, 3.8) is 0 Å². The molecule has 2 fully saturated rings. The van der Waals surface area contributed by atoms with Crippen LogP contribution < -0.4 is 10.6 Å². The van der Waals surface area contributed by atoms with Gasteiger partial charge in [-0.3, -0.25) is 9.69 Å². The average molecular weight is 254 g/mol. The van der Waals surface area contributed by atoms with Crippen molar-refractivity contribution in [2.75, 3.05) is 45.8 Å². The van der Waals surface area contributed by atoms with Gasteiger partial charge in [-0.05, 0) is 20.8 Å². The van der Waals surface area contributed by atoms with Crippen LogP contribution in [0.5, 0.6) is 0 Å². The number of nitrogens with one attached hydrogen (secondary N) is 2. The third-order valence-electron chi connectivity index (χ3n) is 3.88. The molecule has 2 heterocycles. The Labute approximate surface area is 110 Å². The summed E-state index contributed by atoms with van der Waals surface area (Å²) in [6, 6.07) is -0.0278. The molecule has 2 N–H and O–H groups in total. The van der Waals surface area contributed by atoms with Crippen LogP contribution in [-0.2, 0) is 4.79 Å². The standard InChI is InChI=1S/C13H26N4O/c1-13(2,3)17-8-6-16(7-9-17)12(18)11-10-14-4-5-15-11/h11,14-15H,4-10H2,1-3H3. The molecule has 2 aliphatic rings. The Balaban J connectivity index is 1.83. The van der Waals surface area contributed by atoms with E-state index in [1.54, 1.807) is 0 Å². The smallest absolute Gasteiger partial charge is 0.241 e. The van der Waals surface area contributed by atoms with Gasteiger partial charge in [0.05, 0.1) is 6.04 Å². The quantitative estimate of drug-likeness (QED) is 0.662. The van der Waals surface area contributed by atoms with Crippen LogP contribution in [0.4, 0.5) is 0 Å². The summed E-state index contributed by atoms with van der Waals surface area (Å²) in [7, 11) is 0. The first-order chi connectivity index (χ1) is 8.48. The molecule has 0 bridgehead atoms. The van der Waals surface area contributed by atoms with Gasteiger partial charge >= 0.3 is 0 Å². The first-order valence-corrected chi connectivity index (χ1v) is 6.96. The van der Waals surface area contributed by atoms with Gasteiger partial charge in [0.25, 0.3) is 0 Å². The summed E-state index contributed by atoms with van der Waals surface area (Å²) in [6.07, 6.45) is 0. The topological polar surface area (TPSA) is 47.6 Å². The van der Waals surface area contributed by atoms with E-state index in [0.29, 0.717) is 0 Å². The van der Waals surface area contributed by atoms with Gasteiger partial charge in [0.15, 0.2) is 0 Å². The van der Waals surface area contributed by atoms with Gasteiger partial charge in [-0.1, -0.05) is 0 Å². The fraction of sp³-hybridized carbons (Fsp3) is 0.923. The third kappa shape index (κ3) is 3.22. The number of nitrogens with zero attached hydrogens (tertiary/aromatic N) is 2. The average Bonchev–Trinajstić information content (AvgIpc) is 2.38. The lowest BCUT2D eigenvalue weighted by Crippen LogP contribution is -2.61. The fourth-order valence-corrected chi connectivity index (χ4v) is 2.65. The van der Waals surface area contributed by atoms with Gasteiger partial charge in [0.1, 0.15) is 0 Å². The molecule has 5 nitrogen and oxygen atoms in total. The second-order valence-corrected chi connectivity index (χ2v) is 6.19. The lowest BCUT2D eigenvalue weighted by atomic mass is 10.0. The summed E-state index contributed by atoms with van der Waals surface area (Å²) in [4.78, 5) is 16.8. The summed E-state index contributed by atoms with van der Waals surface area (Å²) < 4.78 is 0. The van der Waals surface area contributed by atoms with Crippen LogP contribution in [0.1, 0.15) is 20.8 Å². The SMILES string of the molecule is CC(C)(C)N1CCN(C(=O)C2CNCCN2)CC1. The Hall–Kier alpha value is -0.650. The van der Waals surface area contributed by atoms with Crippen molar-refractivity contribution in [3.05, 3.63) is 0 Å². The number of carbonyl (C=O) groups is 1. The normalized spacial score (nSPS) is 27.3. The minimum Gasteiger partial charge on any atom is -0.339 e. The molecule has 1 unspecified atom stereocenters. The maximum atomic E-state index is 12.3. The molecule has 5 heteroatoms. The van der Waals surface area contributed by atoms with Gasteiger partial charge in [-0.25, -0.2) is 0 Å². The van der Waals surface area contributed by atoms with E-state index in [-0.39, 0.29) is 17.5 Å². The number of carbonyl (C=O) groups excluding carboxylic acids is 1. The van der Waals surface area contributed by atoms with Crippen molar-refractivity contribution in [1.29, 1.82) is 0 Å². The van der Waals surface area contributed by atoms with E-state index in [9.17, 15) is 4.79 Å². The lowest BCUT2D eigenvalue weighted by Gasteiger charge is -2.43. The van der Waals surface area contributed by atoms with Crippen LogP contribution in [0.2, 0.25) is 0 Å². The first-order valence-electron chi connectivity index (χ1n) is 6.96. The van der Waals surface area contributed by atoms with Gasteiger partial charge < -0.3 is 15.5 Å². The number of amides is 1. The predicted octanol–water partition coefficient (Wildman–Crippen LogP) is -0.509. The zero-order chi connectivity index (χ0) is 13.2. The molecule has 0 aromatic heterocycles. The zero-order valence-corrected chi connectivity index (χ0v) is 11.8. The molecule has 0 aromatic rings. The molecule has 1 atom stereocenters. The van der Waals surface area contributed by atoms with Crippen molar-refractivity contribution in [2.45, 2.75) is 32.4 Å². The first kappa shape index (κ1) is 13.8. The molecule has 2 rings (SSSR count). The van der Waals surface area contributed by atoms with Crippen LogP contribution in [0, 0.1) is 0 Å². The molecule has 2 aliphatic heterocycles. The Morgan fingerprint density at radius 2 is 1.78 bits per heavy atom. The Bertz CT molecular complexity index is 286. The second-order valence-electron chi connectivity index (χ2n) is 6.19.